The van der Waals surface area contributed by atoms with Crippen LogP contribution in [0.2, 0.25) is 0 Å². The van der Waals surface area contributed by atoms with Gasteiger partial charge in [0.1, 0.15) is 0 Å². The second-order valence-corrected chi connectivity index (χ2v) is 4.26. The lowest BCUT2D eigenvalue weighted by Crippen LogP contribution is -2.47. The number of hydrogen-bond donors (Lipinski definition) is 1. The van der Waals surface area contributed by atoms with E-state index >= 15 is 0 Å². The quantitative estimate of drug-likeness (QED) is 0.808. The number of halogens is 3. The van der Waals surface area contributed by atoms with Gasteiger partial charge >= 0.3 is 12.3 Å². The summed E-state index contributed by atoms with van der Waals surface area (Å²) in [5, 5.41) is 2.30. The molecule has 5 nitrogen and oxygen atoms in total. The third-order valence-electron chi connectivity index (χ3n) is 2.66. The zero-order chi connectivity index (χ0) is 13.6. The van der Waals surface area contributed by atoms with Gasteiger partial charge in [-0.2, -0.15) is 13.2 Å². The third kappa shape index (κ3) is 6.65. The first-order valence-corrected chi connectivity index (χ1v) is 5.75. The van der Waals surface area contributed by atoms with Crippen LogP contribution in [0.15, 0.2) is 0 Å². The summed E-state index contributed by atoms with van der Waals surface area (Å²) in [7, 11) is 2.03. The zero-order valence-corrected chi connectivity index (χ0v) is 10.3. The Balaban J connectivity index is 2.05. The van der Waals surface area contributed by atoms with Crippen molar-refractivity contribution >= 4 is 6.09 Å². The Bertz CT molecular complexity index is 266. The minimum atomic E-state index is -4.48. The van der Waals surface area contributed by atoms with Gasteiger partial charge in [0.15, 0.2) is 6.61 Å². The predicted molar refractivity (Wildman–Crippen MR) is 59.3 cm³/mol. The molecule has 0 unspecified atom stereocenters. The van der Waals surface area contributed by atoms with Gasteiger partial charge in [-0.1, -0.05) is 0 Å². The normalized spacial score (nSPS) is 18.7. The van der Waals surface area contributed by atoms with Gasteiger partial charge in [0.05, 0.1) is 0 Å². The van der Waals surface area contributed by atoms with Crippen molar-refractivity contribution in [2.75, 3.05) is 52.9 Å². The largest absolute Gasteiger partial charge is 0.440 e. The molecule has 0 aromatic heterocycles. The van der Waals surface area contributed by atoms with E-state index in [0.29, 0.717) is 13.1 Å². The number of rotatable bonds is 4. The molecule has 1 aliphatic rings. The van der Waals surface area contributed by atoms with Crippen molar-refractivity contribution in [3.63, 3.8) is 0 Å². The molecular formula is C10H18F3N3O2. The molecule has 0 bridgehead atoms. The number of piperazine rings is 1. The molecule has 1 aliphatic heterocycles. The molecule has 0 radical (unpaired) electrons. The SMILES string of the molecule is CN1CCN(CCNC(=O)OCC(F)(F)F)CC1. The Morgan fingerprint density at radius 3 is 2.44 bits per heavy atom. The molecule has 0 aliphatic carbocycles. The van der Waals surface area contributed by atoms with Crippen molar-refractivity contribution in [1.29, 1.82) is 0 Å². The number of carbonyl (C=O) groups excluding carboxylic acids is 1. The fourth-order valence-corrected chi connectivity index (χ4v) is 1.59. The van der Waals surface area contributed by atoms with E-state index in [9.17, 15) is 18.0 Å². The van der Waals surface area contributed by atoms with Gasteiger partial charge in [-0.05, 0) is 7.05 Å². The number of alkyl carbamates (subject to hydrolysis) is 1. The van der Waals surface area contributed by atoms with Crippen LogP contribution >= 0.6 is 0 Å². The van der Waals surface area contributed by atoms with Gasteiger partial charge in [-0.15, -0.1) is 0 Å². The molecule has 1 N–H and O–H groups in total. The fraction of sp³-hybridized carbons (Fsp3) is 0.900. The van der Waals surface area contributed by atoms with Crippen LogP contribution in [-0.4, -0.2) is 75.0 Å². The molecule has 0 saturated carbocycles. The Morgan fingerprint density at radius 2 is 1.89 bits per heavy atom. The molecule has 0 aromatic carbocycles. The van der Waals surface area contributed by atoms with Gasteiger partial charge in [-0.25, -0.2) is 4.79 Å². The van der Waals surface area contributed by atoms with Gasteiger partial charge in [0.2, 0.25) is 0 Å². The molecule has 1 amide bonds. The predicted octanol–water partition coefficient (Wildman–Crippen LogP) is 0.522. The summed E-state index contributed by atoms with van der Waals surface area (Å²) in [6, 6.07) is 0. The smallest absolute Gasteiger partial charge is 0.422 e. The lowest BCUT2D eigenvalue weighted by Gasteiger charge is -2.32. The number of nitrogens with one attached hydrogen (secondary N) is 1. The molecule has 1 rings (SSSR count). The third-order valence-corrected chi connectivity index (χ3v) is 2.66. The molecule has 8 heteroatoms. The van der Waals surface area contributed by atoms with Crippen molar-refractivity contribution < 1.29 is 22.7 Å². The van der Waals surface area contributed by atoms with Gasteiger partial charge < -0.3 is 15.0 Å². The van der Waals surface area contributed by atoms with Crippen LogP contribution in [0.4, 0.5) is 18.0 Å². The fourth-order valence-electron chi connectivity index (χ4n) is 1.59. The number of alkyl halides is 3. The van der Waals surface area contributed by atoms with Crippen LogP contribution < -0.4 is 5.32 Å². The number of ether oxygens (including phenoxy) is 1. The van der Waals surface area contributed by atoms with E-state index in [4.69, 9.17) is 0 Å². The average Bonchev–Trinajstić information content (AvgIpc) is 2.28. The van der Waals surface area contributed by atoms with Crippen LogP contribution in [-0.2, 0) is 4.74 Å². The molecule has 0 spiro atoms. The maximum absolute atomic E-state index is 11.7. The summed E-state index contributed by atoms with van der Waals surface area (Å²) in [5.41, 5.74) is 0. The van der Waals surface area contributed by atoms with Crippen molar-refractivity contribution in [3.8, 4) is 0 Å². The minimum absolute atomic E-state index is 0.292. The number of nitrogens with zero attached hydrogens (tertiary/aromatic N) is 2. The van der Waals surface area contributed by atoms with Gasteiger partial charge in [-0.3, -0.25) is 4.90 Å². The molecule has 0 aromatic rings. The molecule has 1 saturated heterocycles. The van der Waals surface area contributed by atoms with Crippen LogP contribution in [0.5, 0.6) is 0 Å². The lowest BCUT2D eigenvalue weighted by atomic mass is 10.3. The minimum Gasteiger partial charge on any atom is -0.440 e. The van der Waals surface area contributed by atoms with Gasteiger partial charge in [0.25, 0.3) is 0 Å². The zero-order valence-electron chi connectivity index (χ0n) is 10.3. The molecule has 1 heterocycles. The summed E-state index contributed by atoms with van der Waals surface area (Å²) in [5.74, 6) is 0. The molecule has 0 atom stereocenters. The lowest BCUT2D eigenvalue weighted by molar-refractivity contribution is -0.160. The summed E-state index contributed by atoms with van der Waals surface area (Å²) in [4.78, 5) is 15.3. The maximum atomic E-state index is 11.7. The highest BCUT2D eigenvalue weighted by Crippen LogP contribution is 2.14. The first-order chi connectivity index (χ1) is 8.37. The molecule has 18 heavy (non-hydrogen) atoms. The number of hydrogen-bond acceptors (Lipinski definition) is 4. The van der Waals surface area contributed by atoms with Crippen molar-refractivity contribution in [3.05, 3.63) is 0 Å². The van der Waals surface area contributed by atoms with E-state index in [1.54, 1.807) is 0 Å². The monoisotopic (exact) mass is 269 g/mol. The second kappa shape index (κ2) is 6.79. The second-order valence-electron chi connectivity index (χ2n) is 4.26. The summed E-state index contributed by atoms with van der Waals surface area (Å²) >= 11 is 0. The highest BCUT2D eigenvalue weighted by Gasteiger charge is 2.29. The van der Waals surface area contributed by atoms with E-state index in [2.05, 4.69) is 19.9 Å². The Kier molecular flexibility index (Phi) is 5.67. The van der Waals surface area contributed by atoms with Crippen LogP contribution in [0.1, 0.15) is 0 Å². The first-order valence-electron chi connectivity index (χ1n) is 5.75. The van der Waals surface area contributed by atoms with Crippen LogP contribution in [0, 0.1) is 0 Å². The summed E-state index contributed by atoms with van der Waals surface area (Å²) in [6.07, 6.45) is -5.50. The van der Waals surface area contributed by atoms with Crippen LogP contribution in [0.25, 0.3) is 0 Å². The number of likely N-dealkylation sites (N-methyl/N-ethyl adjacent to an activating group) is 1. The number of amides is 1. The highest BCUT2D eigenvalue weighted by molar-refractivity contribution is 5.67. The highest BCUT2D eigenvalue weighted by atomic mass is 19.4. The Labute approximate surface area is 104 Å². The summed E-state index contributed by atoms with van der Waals surface area (Å²) < 4.78 is 39.3. The van der Waals surface area contributed by atoms with Crippen molar-refractivity contribution in [2.24, 2.45) is 0 Å². The van der Waals surface area contributed by atoms with Crippen molar-refractivity contribution in [2.45, 2.75) is 6.18 Å². The maximum Gasteiger partial charge on any atom is 0.422 e. The average molecular weight is 269 g/mol. The van der Waals surface area contributed by atoms with E-state index in [0.717, 1.165) is 26.2 Å². The number of carbonyl (C=O) groups is 1. The molecule has 106 valence electrons. The van der Waals surface area contributed by atoms with E-state index in [-0.39, 0.29) is 0 Å². The van der Waals surface area contributed by atoms with Crippen molar-refractivity contribution in [1.82, 2.24) is 15.1 Å². The van der Waals surface area contributed by atoms with Gasteiger partial charge in [0, 0.05) is 39.3 Å². The van der Waals surface area contributed by atoms with Crippen LogP contribution in [0.3, 0.4) is 0 Å². The standard InChI is InChI=1S/C10H18F3N3O2/c1-15-4-6-16(7-5-15)3-2-14-9(17)18-8-10(11,12)13/h2-8H2,1H3,(H,14,17). The molecule has 1 fully saturated rings. The summed E-state index contributed by atoms with van der Waals surface area (Å²) in [6.45, 7) is 3.07. The first kappa shape index (κ1) is 15.0. The topological polar surface area (TPSA) is 44.8 Å². The van der Waals surface area contributed by atoms with E-state index < -0.39 is 18.9 Å². The molecular weight excluding hydrogens is 251 g/mol. The Morgan fingerprint density at radius 1 is 1.28 bits per heavy atom. The Hall–Kier alpha value is -1.02. The van der Waals surface area contributed by atoms with E-state index in [1.807, 2.05) is 7.05 Å². The van der Waals surface area contributed by atoms with E-state index in [1.165, 1.54) is 0 Å².